The average molecular weight is 405 g/mol. The number of rotatable bonds is 2. The van der Waals surface area contributed by atoms with Gasteiger partial charge in [0.05, 0.1) is 11.1 Å². The van der Waals surface area contributed by atoms with Crippen molar-refractivity contribution in [1.82, 2.24) is 0 Å². The van der Waals surface area contributed by atoms with Crippen LogP contribution in [0.4, 0.5) is 13.2 Å². The maximum Gasteiger partial charge on any atom is 0.313 e. The molecule has 0 aliphatic heterocycles. The summed E-state index contributed by atoms with van der Waals surface area (Å²) < 4.78 is 44.3. The number of hydrogen-bond acceptors (Lipinski definition) is 0. The first kappa shape index (κ1) is 24.7. The molecule has 1 aliphatic rings. The SMILES string of the molecule is C=C1C([n+]2ccc(-c3ccc(C)cc3)cc2)=C(C)C(F)(F)C1(C)F.CC.CCC. The quantitative estimate of drug-likeness (QED) is 0.455. The van der Waals surface area contributed by atoms with E-state index < -0.39 is 11.6 Å². The predicted octanol–water partition coefficient (Wildman–Crippen LogP) is 7.56. The Hall–Kier alpha value is -2.36. The van der Waals surface area contributed by atoms with Crippen LogP contribution < -0.4 is 4.57 Å². The molecular formula is C25H33F3N+. The van der Waals surface area contributed by atoms with Crippen LogP contribution in [-0.4, -0.2) is 11.6 Å². The minimum absolute atomic E-state index is 0.139. The second-order valence-electron chi connectivity index (χ2n) is 7.10. The van der Waals surface area contributed by atoms with Gasteiger partial charge in [0.2, 0.25) is 11.4 Å². The molecule has 1 aromatic heterocycles. The first-order valence-electron chi connectivity index (χ1n) is 10.1. The van der Waals surface area contributed by atoms with Gasteiger partial charge in [0.25, 0.3) is 0 Å². The zero-order chi connectivity index (χ0) is 22.4. The summed E-state index contributed by atoms with van der Waals surface area (Å²) in [4.78, 5) is 0. The van der Waals surface area contributed by atoms with Crippen molar-refractivity contribution in [2.75, 3.05) is 0 Å². The van der Waals surface area contributed by atoms with E-state index in [1.54, 1.807) is 12.4 Å². The number of hydrogen-bond donors (Lipinski definition) is 0. The zero-order valence-corrected chi connectivity index (χ0v) is 18.6. The van der Waals surface area contributed by atoms with E-state index in [1.807, 2.05) is 57.2 Å². The minimum atomic E-state index is -3.55. The van der Waals surface area contributed by atoms with E-state index in [0.717, 1.165) is 23.6 Å². The van der Waals surface area contributed by atoms with Gasteiger partial charge in [0.1, 0.15) is 0 Å². The van der Waals surface area contributed by atoms with Gasteiger partial charge in [-0.3, -0.25) is 0 Å². The van der Waals surface area contributed by atoms with Crippen molar-refractivity contribution in [3.63, 3.8) is 0 Å². The first-order valence-corrected chi connectivity index (χ1v) is 10.1. The van der Waals surface area contributed by atoms with Crippen LogP contribution in [0.25, 0.3) is 16.8 Å². The van der Waals surface area contributed by atoms with Crippen molar-refractivity contribution in [2.45, 2.75) is 66.5 Å². The third kappa shape index (κ3) is 4.80. The Morgan fingerprint density at radius 2 is 1.28 bits per heavy atom. The third-order valence-corrected chi connectivity index (χ3v) is 4.74. The maximum atomic E-state index is 14.4. The van der Waals surface area contributed by atoms with Crippen molar-refractivity contribution in [3.8, 4) is 11.1 Å². The Bertz CT molecular complexity index is 845. The molecule has 3 rings (SSSR count). The van der Waals surface area contributed by atoms with E-state index in [1.165, 1.54) is 17.9 Å². The normalized spacial score (nSPS) is 19.9. The molecule has 0 saturated heterocycles. The summed E-state index contributed by atoms with van der Waals surface area (Å²) in [6.07, 6.45) is 4.58. The Kier molecular flexibility index (Phi) is 8.43. The third-order valence-electron chi connectivity index (χ3n) is 4.74. The molecule has 0 fully saturated rings. The van der Waals surface area contributed by atoms with Gasteiger partial charge in [0, 0.05) is 12.1 Å². The molecule has 0 saturated carbocycles. The van der Waals surface area contributed by atoms with Crippen LogP contribution in [0, 0.1) is 6.92 Å². The molecule has 4 heteroatoms. The Morgan fingerprint density at radius 3 is 1.66 bits per heavy atom. The van der Waals surface area contributed by atoms with Crippen LogP contribution in [0.1, 0.15) is 53.5 Å². The number of aryl methyl sites for hydroxylation is 1. The van der Waals surface area contributed by atoms with Crippen LogP contribution in [0.5, 0.6) is 0 Å². The fourth-order valence-corrected chi connectivity index (χ4v) is 3.00. The number of benzene rings is 1. The molecule has 1 aliphatic carbocycles. The summed E-state index contributed by atoms with van der Waals surface area (Å²) in [6, 6.07) is 11.7. The van der Waals surface area contributed by atoms with Gasteiger partial charge in [0.15, 0.2) is 12.4 Å². The van der Waals surface area contributed by atoms with Crippen molar-refractivity contribution >= 4 is 5.70 Å². The van der Waals surface area contributed by atoms with Crippen LogP contribution >= 0.6 is 0 Å². The van der Waals surface area contributed by atoms with Gasteiger partial charge in [-0.05, 0) is 31.9 Å². The summed E-state index contributed by atoms with van der Waals surface area (Å²) in [5.74, 6) is -3.55. The van der Waals surface area contributed by atoms with E-state index in [2.05, 4.69) is 20.4 Å². The second kappa shape index (κ2) is 9.91. The molecule has 1 unspecified atom stereocenters. The summed E-state index contributed by atoms with van der Waals surface area (Å²) in [6.45, 7) is 16.0. The number of nitrogens with zero attached hydrogens (tertiary/aromatic N) is 1. The maximum absolute atomic E-state index is 14.4. The summed E-state index contributed by atoms with van der Waals surface area (Å²) in [5, 5.41) is 0. The molecular weight excluding hydrogens is 371 g/mol. The van der Waals surface area contributed by atoms with Crippen molar-refractivity contribution in [3.05, 3.63) is 72.1 Å². The molecule has 0 bridgehead atoms. The summed E-state index contributed by atoms with van der Waals surface area (Å²) in [7, 11) is 0. The van der Waals surface area contributed by atoms with E-state index in [0.29, 0.717) is 0 Å². The van der Waals surface area contributed by atoms with Crippen LogP contribution in [0.15, 0.2) is 66.5 Å². The highest BCUT2D eigenvalue weighted by molar-refractivity contribution is 5.71. The van der Waals surface area contributed by atoms with E-state index in [-0.39, 0.29) is 16.8 Å². The Balaban J connectivity index is 0.000000771. The Morgan fingerprint density at radius 1 is 0.862 bits per heavy atom. The average Bonchev–Trinajstić information content (AvgIpc) is 2.82. The molecule has 1 heterocycles. The monoisotopic (exact) mass is 404 g/mol. The van der Waals surface area contributed by atoms with Crippen molar-refractivity contribution in [1.29, 1.82) is 0 Å². The van der Waals surface area contributed by atoms with Gasteiger partial charge >= 0.3 is 5.92 Å². The smallest absolute Gasteiger partial charge is 0.232 e. The lowest BCUT2D eigenvalue weighted by atomic mass is 9.97. The Labute approximate surface area is 173 Å². The van der Waals surface area contributed by atoms with E-state index in [9.17, 15) is 13.2 Å². The zero-order valence-electron chi connectivity index (χ0n) is 18.6. The number of allylic oxidation sites excluding steroid dienone is 3. The standard InChI is InChI=1S/C20H19F3N.C3H8.C2H6/c1-13-5-7-16(8-6-13)17-9-11-24(12-10-17)18-14(2)19(4,21)20(22,23)15(18)3;1-3-2;1-2/h5-12H,2H2,1,3-4H3;3H2,1-2H3;1-2H3/q+1;;. The predicted molar refractivity (Wildman–Crippen MR) is 117 cm³/mol. The van der Waals surface area contributed by atoms with Crippen LogP contribution in [0.3, 0.4) is 0 Å². The molecule has 1 aromatic carbocycles. The molecule has 158 valence electrons. The molecule has 1 nitrogen and oxygen atoms in total. The topological polar surface area (TPSA) is 3.88 Å². The molecule has 2 aromatic rings. The van der Waals surface area contributed by atoms with Crippen molar-refractivity contribution in [2.24, 2.45) is 0 Å². The number of halogens is 3. The number of alkyl halides is 3. The lowest BCUT2D eigenvalue weighted by molar-refractivity contribution is -0.579. The van der Waals surface area contributed by atoms with Crippen LogP contribution in [0.2, 0.25) is 0 Å². The highest BCUT2D eigenvalue weighted by Gasteiger charge is 2.64. The van der Waals surface area contributed by atoms with Gasteiger partial charge < -0.3 is 0 Å². The minimum Gasteiger partial charge on any atom is -0.232 e. The van der Waals surface area contributed by atoms with Gasteiger partial charge in [-0.15, -0.1) is 0 Å². The summed E-state index contributed by atoms with van der Waals surface area (Å²) in [5.41, 5.74) is 0.0308. The van der Waals surface area contributed by atoms with Gasteiger partial charge in [-0.1, -0.05) is 70.5 Å². The highest BCUT2D eigenvalue weighted by Crippen LogP contribution is 2.52. The molecule has 0 radical (unpaired) electrons. The first-order chi connectivity index (χ1) is 13.6. The highest BCUT2D eigenvalue weighted by atomic mass is 19.3. The molecule has 29 heavy (non-hydrogen) atoms. The fraction of sp³-hybridized carbons (Fsp3) is 0.400. The largest absolute Gasteiger partial charge is 0.313 e. The fourth-order valence-electron chi connectivity index (χ4n) is 3.00. The van der Waals surface area contributed by atoms with Gasteiger partial charge in [-0.2, -0.15) is 13.3 Å². The summed E-state index contributed by atoms with van der Waals surface area (Å²) >= 11 is 0. The molecule has 0 N–H and O–H groups in total. The number of aromatic nitrogens is 1. The number of pyridine rings is 1. The lowest BCUT2D eigenvalue weighted by Crippen LogP contribution is -2.39. The molecule has 1 atom stereocenters. The van der Waals surface area contributed by atoms with Crippen LogP contribution in [-0.2, 0) is 0 Å². The second-order valence-corrected chi connectivity index (χ2v) is 7.10. The molecule has 0 spiro atoms. The van der Waals surface area contributed by atoms with Crippen molar-refractivity contribution < 1.29 is 17.7 Å². The van der Waals surface area contributed by atoms with Gasteiger partial charge in [-0.25, -0.2) is 4.39 Å². The van der Waals surface area contributed by atoms with E-state index in [4.69, 9.17) is 0 Å². The lowest BCUT2D eigenvalue weighted by Gasteiger charge is -2.23. The molecule has 0 amide bonds. The van der Waals surface area contributed by atoms with E-state index >= 15 is 0 Å².